The Morgan fingerprint density at radius 1 is 0.967 bits per heavy atom. The summed E-state index contributed by atoms with van der Waals surface area (Å²) >= 11 is 7.57. The number of nitrogens with zero attached hydrogens (tertiary/aromatic N) is 4. The van der Waals surface area contributed by atoms with E-state index in [9.17, 15) is 4.79 Å². The van der Waals surface area contributed by atoms with Crippen molar-refractivity contribution in [2.24, 2.45) is 0 Å². The van der Waals surface area contributed by atoms with Gasteiger partial charge in [0.1, 0.15) is 5.65 Å². The molecular formula is C23H17ClN4OS. The molecule has 0 bridgehead atoms. The van der Waals surface area contributed by atoms with Crippen LogP contribution in [0.1, 0.15) is 11.3 Å². The number of pyridine rings is 1. The predicted octanol–water partition coefficient (Wildman–Crippen LogP) is 5.29. The molecule has 148 valence electrons. The number of rotatable bonds is 4. The average molecular weight is 433 g/mol. The first-order chi connectivity index (χ1) is 14.6. The van der Waals surface area contributed by atoms with Gasteiger partial charge in [-0.15, -0.1) is 0 Å². The average Bonchev–Trinajstić information content (AvgIpc) is 3.15. The Bertz CT molecular complexity index is 1460. The van der Waals surface area contributed by atoms with Crippen molar-refractivity contribution in [2.75, 3.05) is 0 Å². The largest absolute Gasteiger partial charge is 0.305 e. The van der Waals surface area contributed by atoms with Gasteiger partial charge in [-0.05, 0) is 42.8 Å². The standard InChI is InChI=1S/C23H17ClN4OS/c1-15-6-2-5-9-20(15)28-22(29)18-7-3-4-8-19(18)26-23(28)30-14-17-13-27-12-16(24)10-11-21(27)25-17/h2-13H,14H2,1H3. The van der Waals surface area contributed by atoms with Gasteiger partial charge < -0.3 is 4.40 Å². The fourth-order valence-corrected chi connectivity index (χ4v) is 4.52. The van der Waals surface area contributed by atoms with Gasteiger partial charge in [-0.1, -0.05) is 53.7 Å². The fraction of sp³-hybridized carbons (Fsp3) is 0.0870. The van der Waals surface area contributed by atoms with Crippen molar-refractivity contribution in [2.45, 2.75) is 17.8 Å². The lowest BCUT2D eigenvalue weighted by Gasteiger charge is -2.14. The van der Waals surface area contributed by atoms with E-state index in [2.05, 4.69) is 4.98 Å². The molecule has 30 heavy (non-hydrogen) atoms. The zero-order valence-corrected chi connectivity index (χ0v) is 17.7. The van der Waals surface area contributed by atoms with Gasteiger partial charge in [-0.3, -0.25) is 9.36 Å². The van der Waals surface area contributed by atoms with Crippen LogP contribution in [-0.4, -0.2) is 18.9 Å². The Balaban J connectivity index is 1.61. The number of hydrogen-bond donors (Lipinski definition) is 0. The maximum atomic E-state index is 13.4. The molecule has 5 nitrogen and oxygen atoms in total. The summed E-state index contributed by atoms with van der Waals surface area (Å²) in [5, 5.41) is 1.90. The molecule has 0 radical (unpaired) electrons. The second-order valence-electron chi connectivity index (χ2n) is 6.97. The Morgan fingerprint density at radius 2 is 1.77 bits per heavy atom. The number of halogens is 1. The SMILES string of the molecule is Cc1ccccc1-n1c(SCc2cn3cc(Cl)ccc3n2)nc2ccccc2c1=O. The predicted molar refractivity (Wildman–Crippen MR) is 122 cm³/mol. The molecule has 0 amide bonds. The fourth-order valence-electron chi connectivity index (χ4n) is 3.46. The number of aryl methyl sites for hydroxylation is 1. The van der Waals surface area contributed by atoms with Crippen molar-refractivity contribution in [3.05, 3.63) is 99.7 Å². The lowest BCUT2D eigenvalue weighted by Crippen LogP contribution is -2.22. The monoisotopic (exact) mass is 432 g/mol. The van der Waals surface area contributed by atoms with Crippen molar-refractivity contribution in [3.63, 3.8) is 0 Å². The third-order valence-electron chi connectivity index (χ3n) is 4.92. The number of benzene rings is 2. The highest BCUT2D eigenvalue weighted by Crippen LogP contribution is 2.26. The Morgan fingerprint density at radius 3 is 2.63 bits per heavy atom. The molecule has 7 heteroatoms. The van der Waals surface area contributed by atoms with Gasteiger partial charge in [0, 0.05) is 18.1 Å². The third kappa shape index (κ3) is 3.38. The maximum Gasteiger partial charge on any atom is 0.266 e. The van der Waals surface area contributed by atoms with E-state index >= 15 is 0 Å². The van der Waals surface area contributed by atoms with Crippen molar-refractivity contribution < 1.29 is 0 Å². The minimum Gasteiger partial charge on any atom is -0.305 e. The summed E-state index contributed by atoms with van der Waals surface area (Å²) in [7, 11) is 0. The summed E-state index contributed by atoms with van der Waals surface area (Å²) in [5.74, 6) is 0.579. The van der Waals surface area contributed by atoms with Gasteiger partial charge in [-0.2, -0.15) is 0 Å². The van der Waals surface area contributed by atoms with Crippen LogP contribution in [0, 0.1) is 6.92 Å². The van der Waals surface area contributed by atoms with Gasteiger partial charge in [-0.25, -0.2) is 9.97 Å². The number of hydrogen-bond acceptors (Lipinski definition) is 4. The molecule has 0 aliphatic heterocycles. The molecule has 0 N–H and O–H groups in total. The maximum absolute atomic E-state index is 13.4. The van der Waals surface area contributed by atoms with Crippen molar-refractivity contribution >= 4 is 39.9 Å². The van der Waals surface area contributed by atoms with Gasteiger partial charge in [0.25, 0.3) is 5.56 Å². The van der Waals surface area contributed by atoms with Crippen LogP contribution in [0.3, 0.4) is 0 Å². The van der Waals surface area contributed by atoms with Crippen LogP contribution >= 0.6 is 23.4 Å². The number of thioether (sulfide) groups is 1. The molecule has 0 aliphatic rings. The first kappa shape index (κ1) is 18.9. The number of fused-ring (bicyclic) bond motifs is 2. The topological polar surface area (TPSA) is 52.2 Å². The zero-order valence-electron chi connectivity index (χ0n) is 16.1. The van der Waals surface area contributed by atoms with E-state index < -0.39 is 0 Å². The lowest BCUT2D eigenvalue weighted by atomic mass is 10.2. The molecule has 5 rings (SSSR count). The quantitative estimate of drug-likeness (QED) is 0.286. The number of aromatic nitrogens is 4. The Hall–Kier alpha value is -3.09. The summed E-state index contributed by atoms with van der Waals surface area (Å²) in [6, 6.07) is 19.0. The Kier molecular flexibility index (Phi) is 4.81. The summed E-state index contributed by atoms with van der Waals surface area (Å²) < 4.78 is 3.61. The minimum absolute atomic E-state index is 0.0702. The van der Waals surface area contributed by atoms with Gasteiger partial charge in [0.2, 0.25) is 0 Å². The highest BCUT2D eigenvalue weighted by molar-refractivity contribution is 7.98. The van der Waals surface area contributed by atoms with Crippen LogP contribution in [0.2, 0.25) is 5.02 Å². The highest BCUT2D eigenvalue weighted by Gasteiger charge is 2.15. The van der Waals surface area contributed by atoms with Crippen molar-refractivity contribution in [1.29, 1.82) is 0 Å². The van der Waals surface area contributed by atoms with Crippen LogP contribution in [0.25, 0.3) is 22.2 Å². The van der Waals surface area contributed by atoms with Gasteiger partial charge in [0.05, 0.1) is 27.3 Å². The van der Waals surface area contributed by atoms with Gasteiger partial charge in [0.15, 0.2) is 5.16 Å². The second-order valence-corrected chi connectivity index (χ2v) is 8.35. The molecule has 3 aromatic heterocycles. The Labute approximate surface area is 182 Å². The molecule has 2 aromatic carbocycles. The molecule has 0 atom stereocenters. The summed E-state index contributed by atoms with van der Waals surface area (Å²) in [4.78, 5) is 22.8. The van der Waals surface area contributed by atoms with E-state index in [0.29, 0.717) is 26.8 Å². The van der Waals surface area contributed by atoms with E-state index in [-0.39, 0.29) is 5.56 Å². The zero-order chi connectivity index (χ0) is 20.7. The summed E-state index contributed by atoms with van der Waals surface area (Å²) in [5.41, 5.74) is 4.19. The van der Waals surface area contributed by atoms with Crippen LogP contribution in [0.15, 0.2) is 83.0 Å². The number of imidazole rings is 1. The highest BCUT2D eigenvalue weighted by atomic mass is 35.5. The second kappa shape index (κ2) is 7.63. The van der Waals surface area contributed by atoms with E-state index in [1.807, 2.05) is 84.4 Å². The molecule has 0 spiro atoms. The first-order valence-corrected chi connectivity index (χ1v) is 10.8. The van der Waals surface area contributed by atoms with Crippen LogP contribution < -0.4 is 5.56 Å². The molecule has 0 aliphatic carbocycles. The van der Waals surface area contributed by atoms with Crippen molar-refractivity contribution in [3.8, 4) is 5.69 Å². The number of para-hydroxylation sites is 2. The summed E-state index contributed by atoms with van der Waals surface area (Å²) in [6.45, 7) is 2.00. The molecule has 3 heterocycles. The smallest absolute Gasteiger partial charge is 0.266 e. The molecular weight excluding hydrogens is 416 g/mol. The molecule has 0 saturated heterocycles. The van der Waals surface area contributed by atoms with E-state index in [1.165, 1.54) is 11.8 Å². The van der Waals surface area contributed by atoms with E-state index in [1.54, 1.807) is 4.57 Å². The summed E-state index contributed by atoms with van der Waals surface area (Å²) in [6.07, 6.45) is 3.78. The molecule has 0 fully saturated rings. The van der Waals surface area contributed by atoms with Crippen molar-refractivity contribution in [1.82, 2.24) is 18.9 Å². The first-order valence-electron chi connectivity index (χ1n) is 9.44. The minimum atomic E-state index is -0.0702. The van der Waals surface area contributed by atoms with E-state index in [0.717, 1.165) is 22.6 Å². The van der Waals surface area contributed by atoms with Crippen LogP contribution in [-0.2, 0) is 5.75 Å². The van der Waals surface area contributed by atoms with Gasteiger partial charge >= 0.3 is 0 Å². The third-order valence-corrected chi connectivity index (χ3v) is 6.11. The van der Waals surface area contributed by atoms with Crippen LogP contribution in [0.4, 0.5) is 0 Å². The normalized spacial score (nSPS) is 11.4. The van der Waals surface area contributed by atoms with Crippen LogP contribution in [0.5, 0.6) is 0 Å². The van der Waals surface area contributed by atoms with E-state index in [4.69, 9.17) is 16.6 Å². The molecule has 0 saturated carbocycles. The lowest BCUT2D eigenvalue weighted by molar-refractivity contribution is 0.814. The molecule has 5 aromatic rings. The molecule has 0 unspecified atom stereocenters.